The number of aliphatic hydroxyl groups excluding tert-OH is 1. The molecule has 1 atom stereocenters. The number of amides is 1. The molecule has 0 aliphatic carbocycles. The lowest BCUT2D eigenvalue weighted by Crippen LogP contribution is -2.42. The number of piperidine rings is 1. The van der Waals surface area contributed by atoms with Crippen LogP contribution in [0.5, 0.6) is 0 Å². The summed E-state index contributed by atoms with van der Waals surface area (Å²) >= 11 is 1.37. The van der Waals surface area contributed by atoms with Crippen LogP contribution in [0.2, 0.25) is 0 Å². The maximum atomic E-state index is 12.0. The number of nitrogens with zero attached hydrogens (tertiary/aromatic N) is 2. The molecule has 0 aromatic carbocycles. The number of likely N-dealkylation sites (tertiary alicyclic amines) is 1. The van der Waals surface area contributed by atoms with Crippen LogP contribution in [-0.4, -0.2) is 40.1 Å². The second-order valence-electron chi connectivity index (χ2n) is 3.81. The zero-order chi connectivity index (χ0) is 10.8. The van der Waals surface area contributed by atoms with Gasteiger partial charge >= 0.3 is 0 Å². The van der Waals surface area contributed by atoms with Gasteiger partial charge in [0, 0.05) is 13.1 Å². The van der Waals surface area contributed by atoms with Crippen LogP contribution in [0.4, 0.5) is 0 Å². The fraction of sp³-hybridized carbons (Fsp3) is 0.600. The van der Waals surface area contributed by atoms with E-state index in [0.717, 1.165) is 25.1 Å². The molecular weight excluding hydrogens is 212 g/mol. The fourth-order valence-corrected chi connectivity index (χ4v) is 2.56. The molecule has 1 fully saturated rings. The molecule has 2 rings (SSSR count). The summed E-state index contributed by atoms with van der Waals surface area (Å²) in [5, 5.41) is 9.49. The third kappa shape index (κ3) is 2.18. The average Bonchev–Trinajstić information content (AvgIpc) is 2.63. The van der Waals surface area contributed by atoms with Gasteiger partial charge < -0.3 is 10.0 Å². The van der Waals surface area contributed by atoms with Crippen LogP contribution in [0.15, 0.2) is 5.51 Å². The molecule has 15 heavy (non-hydrogen) atoms. The smallest absolute Gasteiger partial charge is 0.265 e. The number of β-amino-alcohol motifs (C(OH)–C–C–N with tert-alkyl or cyclic N) is 1. The molecule has 5 heteroatoms. The molecular formula is C10H14N2O2S. The van der Waals surface area contributed by atoms with Gasteiger partial charge in [-0.05, 0) is 19.8 Å². The first kappa shape index (κ1) is 10.6. The Kier molecular flexibility index (Phi) is 3.02. The molecule has 82 valence electrons. The van der Waals surface area contributed by atoms with Crippen LogP contribution in [0, 0.1) is 6.92 Å². The maximum Gasteiger partial charge on any atom is 0.265 e. The van der Waals surface area contributed by atoms with Crippen molar-refractivity contribution in [3.8, 4) is 0 Å². The number of carbonyl (C=O) groups is 1. The first-order valence-electron chi connectivity index (χ1n) is 5.06. The van der Waals surface area contributed by atoms with Crippen molar-refractivity contribution in [1.29, 1.82) is 0 Å². The summed E-state index contributed by atoms with van der Waals surface area (Å²) in [4.78, 5) is 18.5. The lowest BCUT2D eigenvalue weighted by Gasteiger charge is -2.29. The Morgan fingerprint density at radius 3 is 3.13 bits per heavy atom. The number of aromatic nitrogens is 1. The van der Waals surface area contributed by atoms with E-state index in [2.05, 4.69) is 4.98 Å². The van der Waals surface area contributed by atoms with Gasteiger partial charge in [-0.15, -0.1) is 11.3 Å². The Labute approximate surface area is 92.6 Å². The zero-order valence-electron chi connectivity index (χ0n) is 8.64. The molecule has 2 heterocycles. The van der Waals surface area contributed by atoms with Gasteiger partial charge in [0.05, 0.1) is 17.3 Å². The van der Waals surface area contributed by atoms with Gasteiger partial charge in [0.2, 0.25) is 0 Å². The van der Waals surface area contributed by atoms with E-state index < -0.39 is 0 Å². The largest absolute Gasteiger partial charge is 0.391 e. The minimum Gasteiger partial charge on any atom is -0.391 e. The molecule has 0 saturated carbocycles. The minimum atomic E-state index is -0.365. The van der Waals surface area contributed by atoms with Crippen LogP contribution in [0.3, 0.4) is 0 Å². The predicted molar refractivity (Wildman–Crippen MR) is 58.0 cm³/mol. The molecule has 0 spiro atoms. The van der Waals surface area contributed by atoms with E-state index >= 15 is 0 Å². The van der Waals surface area contributed by atoms with Gasteiger partial charge in [0.1, 0.15) is 4.88 Å². The molecule has 1 aliphatic heterocycles. The molecule has 1 saturated heterocycles. The molecule has 1 amide bonds. The van der Waals surface area contributed by atoms with Gasteiger partial charge in [0.25, 0.3) is 5.91 Å². The third-order valence-corrected chi connectivity index (χ3v) is 3.54. The molecule has 1 N–H and O–H groups in total. The van der Waals surface area contributed by atoms with Gasteiger partial charge in [-0.25, -0.2) is 4.98 Å². The second kappa shape index (κ2) is 4.28. The Balaban J connectivity index is 2.11. The van der Waals surface area contributed by atoms with Crippen LogP contribution in [-0.2, 0) is 0 Å². The normalized spacial score (nSPS) is 21.7. The highest BCUT2D eigenvalue weighted by atomic mass is 32.1. The number of hydrogen-bond donors (Lipinski definition) is 1. The SMILES string of the molecule is Cc1ncsc1C(=O)N1CCCC(O)C1. The number of rotatable bonds is 1. The number of aliphatic hydroxyl groups is 1. The summed E-state index contributed by atoms with van der Waals surface area (Å²) in [5.74, 6) is 0.00810. The number of aryl methyl sites for hydroxylation is 1. The molecule has 1 unspecified atom stereocenters. The van der Waals surface area contributed by atoms with E-state index in [1.54, 1.807) is 10.4 Å². The van der Waals surface area contributed by atoms with E-state index in [4.69, 9.17) is 0 Å². The third-order valence-electron chi connectivity index (χ3n) is 2.62. The van der Waals surface area contributed by atoms with Crippen molar-refractivity contribution in [2.45, 2.75) is 25.9 Å². The predicted octanol–water partition coefficient (Wildman–Crippen LogP) is 1.05. The molecule has 1 aliphatic rings. The van der Waals surface area contributed by atoms with E-state index in [1.807, 2.05) is 6.92 Å². The number of hydrogen-bond acceptors (Lipinski definition) is 4. The van der Waals surface area contributed by atoms with Crippen molar-refractivity contribution in [1.82, 2.24) is 9.88 Å². The molecule has 4 nitrogen and oxygen atoms in total. The number of carbonyl (C=O) groups excluding carboxylic acids is 1. The van der Waals surface area contributed by atoms with Crippen molar-refractivity contribution >= 4 is 17.2 Å². The topological polar surface area (TPSA) is 53.4 Å². The Morgan fingerprint density at radius 2 is 2.53 bits per heavy atom. The summed E-state index contributed by atoms with van der Waals surface area (Å²) in [7, 11) is 0. The van der Waals surface area contributed by atoms with E-state index in [0.29, 0.717) is 11.4 Å². The number of thiazole rings is 1. The minimum absolute atomic E-state index is 0.00810. The first-order valence-corrected chi connectivity index (χ1v) is 5.94. The van der Waals surface area contributed by atoms with Crippen molar-refractivity contribution in [3.63, 3.8) is 0 Å². The molecule has 1 aromatic heterocycles. The summed E-state index contributed by atoms with van der Waals surface area (Å²) in [6.45, 7) is 3.04. The maximum absolute atomic E-state index is 12.0. The molecule has 0 radical (unpaired) electrons. The van der Waals surface area contributed by atoms with Crippen molar-refractivity contribution in [3.05, 3.63) is 16.1 Å². The van der Waals surface area contributed by atoms with E-state index in [-0.39, 0.29) is 12.0 Å². The highest BCUT2D eigenvalue weighted by Crippen LogP contribution is 2.18. The summed E-state index contributed by atoms with van der Waals surface area (Å²) < 4.78 is 0. The van der Waals surface area contributed by atoms with Crippen LogP contribution in [0.25, 0.3) is 0 Å². The van der Waals surface area contributed by atoms with Crippen LogP contribution < -0.4 is 0 Å². The quantitative estimate of drug-likeness (QED) is 0.778. The van der Waals surface area contributed by atoms with Crippen LogP contribution >= 0.6 is 11.3 Å². The fourth-order valence-electron chi connectivity index (χ4n) is 1.79. The summed E-state index contributed by atoms with van der Waals surface area (Å²) in [6.07, 6.45) is 1.31. The lowest BCUT2D eigenvalue weighted by atomic mass is 10.1. The molecule has 0 bridgehead atoms. The van der Waals surface area contributed by atoms with E-state index in [1.165, 1.54) is 11.3 Å². The van der Waals surface area contributed by atoms with Crippen molar-refractivity contribution in [2.75, 3.05) is 13.1 Å². The average molecular weight is 226 g/mol. The van der Waals surface area contributed by atoms with Gasteiger partial charge in [-0.1, -0.05) is 0 Å². The standard InChI is InChI=1S/C10H14N2O2S/c1-7-9(15-6-11-7)10(14)12-4-2-3-8(13)5-12/h6,8,13H,2-5H2,1H3. The van der Waals surface area contributed by atoms with Crippen LogP contribution in [0.1, 0.15) is 28.2 Å². The second-order valence-corrected chi connectivity index (χ2v) is 4.67. The van der Waals surface area contributed by atoms with Gasteiger partial charge in [-0.3, -0.25) is 4.79 Å². The Morgan fingerprint density at radius 1 is 1.73 bits per heavy atom. The molecule has 1 aromatic rings. The lowest BCUT2D eigenvalue weighted by molar-refractivity contribution is 0.0477. The zero-order valence-corrected chi connectivity index (χ0v) is 9.46. The highest BCUT2D eigenvalue weighted by Gasteiger charge is 2.24. The Hall–Kier alpha value is -0.940. The first-order chi connectivity index (χ1) is 7.18. The van der Waals surface area contributed by atoms with E-state index in [9.17, 15) is 9.90 Å². The van der Waals surface area contributed by atoms with Gasteiger partial charge in [0.15, 0.2) is 0 Å². The highest BCUT2D eigenvalue weighted by molar-refractivity contribution is 7.11. The Bertz CT molecular complexity index is 364. The monoisotopic (exact) mass is 226 g/mol. The van der Waals surface area contributed by atoms with Crippen molar-refractivity contribution in [2.24, 2.45) is 0 Å². The summed E-state index contributed by atoms with van der Waals surface area (Å²) in [5.41, 5.74) is 2.47. The van der Waals surface area contributed by atoms with Crippen molar-refractivity contribution < 1.29 is 9.90 Å². The summed E-state index contributed by atoms with van der Waals surface area (Å²) in [6, 6.07) is 0. The van der Waals surface area contributed by atoms with Gasteiger partial charge in [-0.2, -0.15) is 0 Å².